The number of fused-ring (bicyclic) bond motifs is 1. The lowest BCUT2D eigenvalue weighted by atomic mass is 10.1. The molecular weight excluding hydrogens is 489 g/mol. The number of hydrogen-bond acceptors (Lipinski definition) is 6. The molecule has 34 heavy (non-hydrogen) atoms. The number of nitrogens with one attached hydrogen (secondary N) is 1. The fourth-order valence-corrected chi connectivity index (χ4v) is 4.04. The Morgan fingerprint density at radius 3 is 2.76 bits per heavy atom. The lowest BCUT2D eigenvalue weighted by molar-refractivity contribution is -0.129. The van der Waals surface area contributed by atoms with Gasteiger partial charge in [-0.2, -0.15) is 0 Å². The van der Waals surface area contributed by atoms with E-state index in [-0.39, 0.29) is 28.2 Å². The van der Waals surface area contributed by atoms with Crippen LogP contribution in [0.15, 0.2) is 43.2 Å². The molecule has 1 aromatic heterocycles. The topological polar surface area (TPSA) is 76.6 Å². The van der Waals surface area contributed by atoms with Crippen LogP contribution in [0.25, 0.3) is 10.9 Å². The van der Waals surface area contributed by atoms with Gasteiger partial charge in [-0.3, -0.25) is 4.79 Å². The van der Waals surface area contributed by atoms with Gasteiger partial charge in [0.1, 0.15) is 24.1 Å². The van der Waals surface area contributed by atoms with E-state index < -0.39 is 18.1 Å². The van der Waals surface area contributed by atoms with E-state index in [1.54, 1.807) is 12.1 Å². The van der Waals surface area contributed by atoms with E-state index >= 15 is 0 Å². The van der Waals surface area contributed by atoms with Crippen molar-refractivity contribution in [2.75, 3.05) is 25.5 Å². The highest BCUT2D eigenvalue weighted by molar-refractivity contribution is 6.43. The molecule has 1 aliphatic heterocycles. The third-order valence-electron chi connectivity index (χ3n) is 5.46. The van der Waals surface area contributed by atoms with Crippen LogP contribution in [0.2, 0.25) is 10.0 Å². The highest BCUT2D eigenvalue weighted by Gasteiger charge is 2.33. The molecule has 0 bridgehead atoms. The number of hydrogen-bond donors (Lipinski definition) is 1. The van der Waals surface area contributed by atoms with Crippen LogP contribution in [0.5, 0.6) is 11.5 Å². The number of carbonyl (C=O) groups excluding carboxylic acids is 1. The number of piperidine rings is 1. The molecule has 1 amide bonds. The second-order valence-electron chi connectivity index (χ2n) is 7.54. The summed E-state index contributed by atoms with van der Waals surface area (Å²) >= 11 is 12.1. The zero-order valence-electron chi connectivity index (χ0n) is 18.0. The summed E-state index contributed by atoms with van der Waals surface area (Å²) in [5.41, 5.74) is 0.865. The Morgan fingerprint density at radius 2 is 2.06 bits per heavy atom. The minimum Gasteiger partial charge on any atom is -0.493 e. The first-order valence-corrected chi connectivity index (χ1v) is 11.0. The minimum atomic E-state index is -1.40. The Balaban J connectivity index is 1.65. The lowest BCUT2D eigenvalue weighted by Gasteiger charge is -2.34. The summed E-state index contributed by atoms with van der Waals surface area (Å²) in [6.07, 6.45) is 0.611. The van der Waals surface area contributed by atoms with Gasteiger partial charge >= 0.3 is 0 Å². The molecule has 11 heteroatoms. The van der Waals surface area contributed by atoms with Gasteiger partial charge in [-0.25, -0.2) is 18.7 Å². The van der Waals surface area contributed by atoms with Crippen molar-refractivity contribution in [1.82, 2.24) is 14.9 Å². The number of aromatic nitrogens is 2. The van der Waals surface area contributed by atoms with Crippen molar-refractivity contribution in [2.45, 2.75) is 18.7 Å². The number of likely N-dealkylation sites (tertiary alicyclic amines) is 1. The average Bonchev–Trinajstić information content (AvgIpc) is 2.84. The predicted octanol–water partition coefficient (Wildman–Crippen LogP) is 5.33. The maximum Gasteiger partial charge on any atom is 0.246 e. The highest BCUT2D eigenvalue weighted by Crippen LogP contribution is 2.38. The summed E-state index contributed by atoms with van der Waals surface area (Å²) in [5.74, 6) is 0.0259. The van der Waals surface area contributed by atoms with Crippen molar-refractivity contribution in [3.8, 4) is 11.5 Å². The molecule has 7 nitrogen and oxygen atoms in total. The quantitative estimate of drug-likeness (QED) is 0.358. The number of benzene rings is 2. The molecule has 0 aliphatic carbocycles. The van der Waals surface area contributed by atoms with Crippen molar-refractivity contribution in [3.05, 3.63) is 59.1 Å². The molecule has 0 radical (unpaired) electrons. The van der Waals surface area contributed by atoms with Gasteiger partial charge in [-0.15, -0.1) is 0 Å². The van der Waals surface area contributed by atoms with E-state index in [0.717, 1.165) is 6.08 Å². The van der Waals surface area contributed by atoms with E-state index in [2.05, 4.69) is 21.9 Å². The molecule has 178 valence electrons. The fourth-order valence-electron chi connectivity index (χ4n) is 3.67. The molecule has 1 aliphatic rings. The number of carbonyl (C=O) groups is 1. The van der Waals surface area contributed by atoms with Crippen molar-refractivity contribution in [2.24, 2.45) is 0 Å². The Labute approximate surface area is 204 Å². The highest BCUT2D eigenvalue weighted by atomic mass is 35.5. The molecule has 0 unspecified atom stereocenters. The Hall–Kier alpha value is -3.17. The van der Waals surface area contributed by atoms with Crippen LogP contribution in [0.4, 0.5) is 20.3 Å². The predicted molar refractivity (Wildman–Crippen MR) is 126 cm³/mol. The van der Waals surface area contributed by atoms with E-state index in [1.807, 2.05) is 0 Å². The van der Waals surface area contributed by atoms with Crippen molar-refractivity contribution < 1.29 is 23.0 Å². The van der Waals surface area contributed by atoms with Crippen LogP contribution < -0.4 is 14.8 Å². The fraction of sp³-hybridized carbons (Fsp3) is 0.261. The lowest BCUT2D eigenvalue weighted by Crippen LogP contribution is -2.48. The molecule has 1 fully saturated rings. The number of anilines is 2. The summed E-state index contributed by atoms with van der Waals surface area (Å²) in [4.78, 5) is 21.7. The minimum absolute atomic E-state index is 0.000448. The molecule has 0 saturated carbocycles. The summed E-state index contributed by atoms with van der Waals surface area (Å²) in [6, 6.07) is 5.89. The molecule has 3 aromatic rings. The van der Waals surface area contributed by atoms with Crippen LogP contribution in [-0.4, -0.2) is 53.2 Å². The van der Waals surface area contributed by atoms with Crippen LogP contribution >= 0.6 is 23.2 Å². The van der Waals surface area contributed by atoms with Gasteiger partial charge in [0, 0.05) is 24.4 Å². The zero-order chi connectivity index (χ0) is 24.4. The Kier molecular flexibility index (Phi) is 7.04. The SMILES string of the molecule is C=CC(=O)N1CC[C@H](Oc2cc3c(Nc4ccc(F)c(Cl)c4Cl)ncnc3cc2OC)[C@@H](F)C1. The second kappa shape index (κ2) is 9.99. The smallest absolute Gasteiger partial charge is 0.246 e. The molecule has 1 saturated heterocycles. The summed E-state index contributed by atoms with van der Waals surface area (Å²) in [6.45, 7) is 3.69. The number of amides is 1. The standard InChI is InChI=1S/C23H20Cl2F2N4O3/c1-3-20(32)31-7-6-17(14(27)10-31)34-19-8-12-16(9-18(19)33-2)28-11-29-23(12)30-15-5-4-13(26)21(24)22(15)25/h3-5,8-9,11,14,17H,1,6-7,10H2,2H3,(H,28,29,30)/t14-,17-/m0/s1. The number of alkyl halides is 1. The number of ether oxygens (including phenoxy) is 2. The largest absolute Gasteiger partial charge is 0.493 e. The van der Waals surface area contributed by atoms with Crippen molar-refractivity contribution in [3.63, 3.8) is 0 Å². The maximum absolute atomic E-state index is 14.8. The van der Waals surface area contributed by atoms with E-state index in [9.17, 15) is 13.6 Å². The third-order valence-corrected chi connectivity index (χ3v) is 6.31. The van der Waals surface area contributed by atoms with Crippen molar-refractivity contribution in [1.29, 1.82) is 0 Å². The molecule has 2 aromatic carbocycles. The molecular formula is C23H20Cl2F2N4O3. The summed E-state index contributed by atoms with van der Waals surface area (Å²) in [5, 5.41) is 3.34. The average molecular weight is 509 g/mol. The number of methoxy groups -OCH3 is 1. The van der Waals surface area contributed by atoms with Gasteiger partial charge in [-0.1, -0.05) is 29.8 Å². The zero-order valence-corrected chi connectivity index (χ0v) is 19.5. The molecule has 0 spiro atoms. The van der Waals surface area contributed by atoms with Gasteiger partial charge in [0.15, 0.2) is 17.7 Å². The van der Waals surface area contributed by atoms with Crippen LogP contribution in [0, 0.1) is 5.82 Å². The summed E-state index contributed by atoms with van der Waals surface area (Å²) < 4.78 is 39.9. The normalized spacial score (nSPS) is 18.0. The van der Waals surface area contributed by atoms with Crippen LogP contribution in [-0.2, 0) is 4.79 Å². The first kappa shape index (κ1) is 24.0. The van der Waals surface area contributed by atoms with Gasteiger partial charge < -0.3 is 19.7 Å². The van der Waals surface area contributed by atoms with E-state index in [1.165, 1.54) is 30.5 Å². The number of halogens is 4. The number of nitrogens with zero attached hydrogens (tertiary/aromatic N) is 3. The third kappa shape index (κ3) is 4.71. The van der Waals surface area contributed by atoms with Gasteiger partial charge in [0.25, 0.3) is 0 Å². The molecule has 2 heterocycles. The monoisotopic (exact) mass is 508 g/mol. The van der Waals surface area contributed by atoms with Crippen LogP contribution in [0.3, 0.4) is 0 Å². The summed E-state index contributed by atoms with van der Waals surface area (Å²) in [7, 11) is 1.47. The van der Waals surface area contributed by atoms with Gasteiger partial charge in [0.2, 0.25) is 5.91 Å². The Morgan fingerprint density at radius 1 is 1.26 bits per heavy atom. The van der Waals surface area contributed by atoms with Gasteiger partial charge in [-0.05, 0) is 24.3 Å². The first-order valence-electron chi connectivity index (χ1n) is 10.3. The van der Waals surface area contributed by atoms with Crippen molar-refractivity contribution >= 4 is 51.5 Å². The molecule has 2 atom stereocenters. The second-order valence-corrected chi connectivity index (χ2v) is 8.30. The number of rotatable bonds is 6. The molecule has 4 rings (SSSR count). The van der Waals surface area contributed by atoms with E-state index in [0.29, 0.717) is 41.1 Å². The van der Waals surface area contributed by atoms with Crippen LogP contribution in [0.1, 0.15) is 6.42 Å². The molecule has 1 N–H and O–H groups in total. The van der Waals surface area contributed by atoms with E-state index in [4.69, 9.17) is 32.7 Å². The van der Waals surface area contributed by atoms with Gasteiger partial charge in [0.05, 0.1) is 34.9 Å². The Bertz CT molecular complexity index is 1260. The first-order chi connectivity index (χ1) is 16.3. The maximum atomic E-state index is 14.8.